The Bertz CT molecular complexity index is 1320. The molecule has 1 heterocycles. The van der Waals surface area contributed by atoms with Gasteiger partial charge in [-0.3, -0.25) is 0 Å². The Morgan fingerprint density at radius 3 is 2.42 bits per heavy atom. The Hall–Kier alpha value is -3.46. The zero-order valence-electron chi connectivity index (χ0n) is 18.4. The lowest BCUT2D eigenvalue weighted by Crippen LogP contribution is -2.41. The Kier molecular flexibility index (Phi) is 6.07. The molecule has 0 radical (unpaired) electrons. The summed E-state index contributed by atoms with van der Waals surface area (Å²) < 4.78 is 56.6. The SMILES string of the molecule is C[C@H](c1ccc(N(C)C)cc1)c1c(F)ccc2c1NC(=NCc1cccc(F)c1)NS2(=O)=O. The van der Waals surface area contributed by atoms with Crippen LogP contribution in [0, 0.1) is 11.6 Å². The fraction of sp³-hybridized carbons (Fsp3) is 0.208. The van der Waals surface area contributed by atoms with Crippen molar-refractivity contribution >= 4 is 27.4 Å². The van der Waals surface area contributed by atoms with Gasteiger partial charge in [0, 0.05) is 31.3 Å². The Labute approximate surface area is 192 Å². The number of rotatable bonds is 5. The summed E-state index contributed by atoms with van der Waals surface area (Å²) in [5, 5.41) is 2.94. The summed E-state index contributed by atoms with van der Waals surface area (Å²) in [6, 6.07) is 15.9. The summed E-state index contributed by atoms with van der Waals surface area (Å²) in [6.45, 7) is 1.87. The van der Waals surface area contributed by atoms with Crippen molar-refractivity contribution in [2.75, 3.05) is 24.3 Å². The van der Waals surface area contributed by atoms with Crippen molar-refractivity contribution in [2.24, 2.45) is 4.99 Å². The van der Waals surface area contributed by atoms with Gasteiger partial charge >= 0.3 is 0 Å². The summed E-state index contributed by atoms with van der Waals surface area (Å²) >= 11 is 0. The van der Waals surface area contributed by atoms with Gasteiger partial charge in [-0.15, -0.1) is 0 Å². The number of benzene rings is 3. The quantitative estimate of drug-likeness (QED) is 0.578. The lowest BCUT2D eigenvalue weighted by molar-refractivity contribution is 0.586. The maximum Gasteiger partial charge on any atom is 0.266 e. The third-order valence-corrected chi connectivity index (χ3v) is 6.95. The molecule has 3 aromatic rings. The second kappa shape index (κ2) is 8.82. The highest BCUT2D eigenvalue weighted by Gasteiger charge is 2.32. The third-order valence-electron chi connectivity index (χ3n) is 5.57. The number of guanidine groups is 1. The number of hydrogen-bond donors (Lipinski definition) is 2. The van der Waals surface area contributed by atoms with Crippen LogP contribution in [0.3, 0.4) is 0 Å². The smallest absolute Gasteiger partial charge is 0.266 e. The van der Waals surface area contributed by atoms with Gasteiger partial charge in [0.1, 0.15) is 16.5 Å². The summed E-state index contributed by atoms with van der Waals surface area (Å²) in [5.41, 5.74) is 2.79. The lowest BCUT2D eigenvalue weighted by Gasteiger charge is -2.27. The monoisotopic (exact) mass is 470 g/mol. The topological polar surface area (TPSA) is 73.8 Å². The first kappa shape index (κ1) is 22.7. The fourth-order valence-electron chi connectivity index (χ4n) is 3.78. The van der Waals surface area contributed by atoms with E-state index in [1.165, 1.54) is 18.2 Å². The summed E-state index contributed by atoms with van der Waals surface area (Å²) in [4.78, 5) is 6.15. The van der Waals surface area contributed by atoms with Crippen LogP contribution in [0.2, 0.25) is 0 Å². The Morgan fingerprint density at radius 2 is 1.76 bits per heavy atom. The molecule has 33 heavy (non-hydrogen) atoms. The Balaban J connectivity index is 1.73. The van der Waals surface area contributed by atoms with E-state index in [-0.39, 0.29) is 28.7 Å². The molecule has 0 saturated carbocycles. The predicted molar refractivity (Wildman–Crippen MR) is 126 cm³/mol. The van der Waals surface area contributed by atoms with Crippen LogP contribution in [-0.4, -0.2) is 28.5 Å². The maximum absolute atomic E-state index is 15.1. The van der Waals surface area contributed by atoms with Crippen molar-refractivity contribution < 1.29 is 17.2 Å². The normalized spacial score (nSPS) is 16.5. The van der Waals surface area contributed by atoms with Crippen molar-refractivity contribution in [3.05, 3.63) is 89.0 Å². The first-order chi connectivity index (χ1) is 15.7. The van der Waals surface area contributed by atoms with Crippen molar-refractivity contribution in [3.8, 4) is 0 Å². The van der Waals surface area contributed by atoms with Gasteiger partial charge in [-0.2, -0.15) is 0 Å². The fourth-order valence-corrected chi connectivity index (χ4v) is 4.94. The second-order valence-electron chi connectivity index (χ2n) is 8.07. The minimum atomic E-state index is -3.97. The molecule has 0 saturated heterocycles. The number of anilines is 2. The molecule has 2 N–H and O–H groups in total. The third kappa shape index (κ3) is 4.68. The molecular weight excluding hydrogens is 446 g/mol. The van der Waals surface area contributed by atoms with Crippen LogP contribution >= 0.6 is 0 Å². The molecule has 6 nitrogen and oxygen atoms in total. The standard InChI is InChI=1S/C24H24F2N4O2S/c1-15(17-7-9-19(10-8-17)30(2)3)22-20(26)11-12-21-23(22)28-24(29-33(21,31)32)27-14-16-5-4-6-18(25)13-16/h4-13,15H,14H2,1-3H3,(H2,27,28,29)/t15-/m1/s1. The highest BCUT2D eigenvalue weighted by molar-refractivity contribution is 7.90. The molecule has 9 heteroatoms. The van der Waals surface area contributed by atoms with Crippen molar-refractivity contribution in [1.29, 1.82) is 0 Å². The first-order valence-corrected chi connectivity index (χ1v) is 11.8. The van der Waals surface area contributed by atoms with Crippen LogP contribution in [-0.2, 0) is 16.6 Å². The molecule has 3 aromatic carbocycles. The molecule has 4 rings (SSSR count). The molecule has 172 valence electrons. The van der Waals surface area contributed by atoms with Crippen LogP contribution in [0.25, 0.3) is 0 Å². The minimum Gasteiger partial charge on any atom is -0.378 e. The molecule has 0 spiro atoms. The lowest BCUT2D eigenvalue weighted by atomic mass is 9.91. The Morgan fingerprint density at radius 1 is 1.03 bits per heavy atom. The molecule has 0 unspecified atom stereocenters. The van der Waals surface area contributed by atoms with Crippen LogP contribution in [0.5, 0.6) is 0 Å². The molecule has 1 atom stereocenters. The van der Waals surface area contributed by atoms with E-state index in [4.69, 9.17) is 0 Å². The number of fused-ring (bicyclic) bond motifs is 1. The number of aliphatic imine (C=N–C) groups is 1. The van der Waals surface area contributed by atoms with Gasteiger partial charge in [-0.1, -0.05) is 31.2 Å². The molecule has 1 aliphatic heterocycles. The number of halogens is 2. The minimum absolute atomic E-state index is 0.0458. The van der Waals surface area contributed by atoms with Gasteiger partial charge < -0.3 is 10.2 Å². The van der Waals surface area contributed by atoms with Gasteiger partial charge in [0.25, 0.3) is 10.0 Å². The van der Waals surface area contributed by atoms with E-state index < -0.39 is 27.6 Å². The summed E-state index contributed by atoms with van der Waals surface area (Å²) in [5.74, 6) is -1.41. The number of sulfonamides is 1. The molecule has 0 fully saturated rings. The van der Waals surface area contributed by atoms with Crippen LogP contribution < -0.4 is 14.9 Å². The van der Waals surface area contributed by atoms with Gasteiger partial charge in [-0.05, 0) is 47.5 Å². The van der Waals surface area contributed by atoms with E-state index in [0.29, 0.717) is 5.56 Å². The van der Waals surface area contributed by atoms with Gasteiger partial charge in [0.2, 0.25) is 5.96 Å². The molecule has 1 aliphatic rings. The first-order valence-electron chi connectivity index (χ1n) is 10.3. The van der Waals surface area contributed by atoms with Gasteiger partial charge in [0.15, 0.2) is 0 Å². The highest BCUT2D eigenvalue weighted by atomic mass is 32.2. The molecule has 0 bridgehead atoms. The summed E-state index contributed by atoms with van der Waals surface area (Å²) in [7, 11) is -0.110. The predicted octanol–water partition coefficient (Wildman–Crippen LogP) is 4.44. The molecule has 0 amide bonds. The highest BCUT2D eigenvalue weighted by Crippen LogP contribution is 2.38. The van der Waals surface area contributed by atoms with Crippen molar-refractivity contribution in [1.82, 2.24) is 4.72 Å². The summed E-state index contributed by atoms with van der Waals surface area (Å²) in [6.07, 6.45) is 0. The van der Waals surface area contributed by atoms with E-state index in [1.54, 1.807) is 12.1 Å². The van der Waals surface area contributed by atoms with Crippen molar-refractivity contribution in [3.63, 3.8) is 0 Å². The maximum atomic E-state index is 15.1. The average Bonchev–Trinajstić information content (AvgIpc) is 2.77. The zero-order chi connectivity index (χ0) is 23.8. The van der Waals surface area contributed by atoms with E-state index in [2.05, 4.69) is 15.0 Å². The van der Waals surface area contributed by atoms with Crippen LogP contribution in [0.15, 0.2) is 70.6 Å². The number of nitrogens with zero attached hydrogens (tertiary/aromatic N) is 2. The van der Waals surface area contributed by atoms with E-state index in [1.807, 2.05) is 50.2 Å². The van der Waals surface area contributed by atoms with E-state index in [0.717, 1.165) is 17.3 Å². The van der Waals surface area contributed by atoms with E-state index >= 15 is 4.39 Å². The number of nitrogens with one attached hydrogen (secondary N) is 2. The molecule has 0 aromatic heterocycles. The van der Waals surface area contributed by atoms with E-state index in [9.17, 15) is 12.8 Å². The molecule has 0 aliphatic carbocycles. The second-order valence-corrected chi connectivity index (χ2v) is 9.72. The number of hydrogen-bond acceptors (Lipinski definition) is 4. The zero-order valence-corrected chi connectivity index (χ0v) is 19.2. The largest absolute Gasteiger partial charge is 0.378 e. The van der Waals surface area contributed by atoms with Crippen LogP contribution in [0.1, 0.15) is 29.5 Å². The van der Waals surface area contributed by atoms with Gasteiger partial charge in [0.05, 0.1) is 12.2 Å². The van der Waals surface area contributed by atoms with Gasteiger partial charge in [-0.25, -0.2) is 26.9 Å². The van der Waals surface area contributed by atoms with Crippen LogP contribution in [0.4, 0.5) is 20.2 Å². The average molecular weight is 471 g/mol. The molecular formula is C24H24F2N4O2S. The van der Waals surface area contributed by atoms with Crippen molar-refractivity contribution in [2.45, 2.75) is 24.3 Å².